The van der Waals surface area contributed by atoms with Gasteiger partial charge in [0.05, 0.1) is 0 Å². The molecule has 1 N–H and O–H groups in total. The van der Waals surface area contributed by atoms with Crippen LogP contribution in [0.25, 0.3) is 0 Å². The van der Waals surface area contributed by atoms with Gasteiger partial charge in [-0.1, -0.05) is 20.8 Å². The van der Waals surface area contributed by atoms with Gasteiger partial charge >= 0.3 is 0 Å². The maximum Gasteiger partial charge on any atom is 0.0299 e. The molecule has 1 saturated heterocycles. The molecule has 0 bridgehead atoms. The van der Waals surface area contributed by atoms with Crippen molar-refractivity contribution in [1.82, 2.24) is 10.2 Å². The highest BCUT2D eigenvalue weighted by Gasteiger charge is 2.24. The molecule has 0 saturated carbocycles. The molecule has 1 aromatic heterocycles. The molecule has 0 aromatic carbocycles. The van der Waals surface area contributed by atoms with Gasteiger partial charge in [-0.25, -0.2) is 0 Å². The first-order valence-electron chi connectivity index (χ1n) is 7.65. The molecule has 1 aliphatic rings. The molecule has 0 spiro atoms. The summed E-state index contributed by atoms with van der Waals surface area (Å²) in [4.78, 5) is 5.60. The number of thiophene rings is 1. The van der Waals surface area contributed by atoms with Crippen molar-refractivity contribution in [3.05, 3.63) is 21.4 Å². The van der Waals surface area contributed by atoms with Gasteiger partial charge in [-0.3, -0.25) is 4.90 Å². The van der Waals surface area contributed by atoms with E-state index in [0.717, 1.165) is 19.6 Å². The van der Waals surface area contributed by atoms with E-state index in [9.17, 15) is 0 Å². The monoisotopic (exact) mass is 312 g/mol. The maximum atomic E-state index is 3.42. The van der Waals surface area contributed by atoms with Crippen LogP contribution in [-0.2, 0) is 13.1 Å². The Hall–Kier alpha value is -0.0300. The van der Waals surface area contributed by atoms with Crippen LogP contribution >= 0.6 is 23.1 Å². The fourth-order valence-electron chi connectivity index (χ4n) is 2.54. The van der Waals surface area contributed by atoms with Gasteiger partial charge in [0.15, 0.2) is 0 Å². The second-order valence-corrected chi connectivity index (χ2v) is 9.35. The molecular weight excluding hydrogens is 284 g/mol. The fourth-order valence-corrected chi connectivity index (χ4v) is 4.70. The molecule has 2 rings (SSSR count). The number of nitrogens with zero attached hydrogens (tertiary/aromatic N) is 1. The van der Waals surface area contributed by atoms with E-state index in [2.05, 4.69) is 55.7 Å². The predicted octanol–water partition coefficient (Wildman–Crippen LogP) is 3.88. The molecule has 1 aromatic rings. The molecule has 1 fully saturated rings. The van der Waals surface area contributed by atoms with Gasteiger partial charge in [-0.05, 0) is 38.1 Å². The summed E-state index contributed by atoms with van der Waals surface area (Å²) in [5, 5.41) is 3.42. The number of aryl methyl sites for hydroxylation is 1. The van der Waals surface area contributed by atoms with Crippen molar-refractivity contribution in [2.24, 2.45) is 0 Å². The molecule has 4 heteroatoms. The predicted molar refractivity (Wildman–Crippen MR) is 92.9 cm³/mol. The standard InChI is InChI=1S/C16H28N2S2/c1-5-17-11-15-10-14(13(2)20-15)12-18-7-6-16(3,4)19-9-8-18/h10,17H,5-9,11-12H2,1-4H3. The van der Waals surface area contributed by atoms with Gasteiger partial charge in [-0.15, -0.1) is 11.3 Å². The number of hydrogen-bond acceptors (Lipinski definition) is 4. The first kappa shape index (κ1) is 16.3. The van der Waals surface area contributed by atoms with Gasteiger partial charge in [-0.2, -0.15) is 11.8 Å². The molecule has 2 nitrogen and oxygen atoms in total. The molecule has 0 aliphatic carbocycles. The average Bonchev–Trinajstić information content (AvgIpc) is 2.63. The lowest BCUT2D eigenvalue weighted by Gasteiger charge is -2.22. The first-order valence-corrected chi connectivity index (χ1v) is 9.45. The third kappa shape index (κ3) is 4.76. The lowest BCUT2D eigenvalue weighted by molar-refractivity contribution is 0.276. The zero-order chi connectivity index (χ0) is 14.6. The van der Waals surface area contributed by atoms with Crippen molar-refractivity contribution in [2.75, 3.05) is 25.4 Å². The molecule has 1 aliphatic heterocycles. The highest BCUT2D eigenvalue weighted by molar-refractivity contribution is 8.00. The van der Waals surface area contributed by atoms with Crippen LogP contribution in [0.4, 0.5) is 0 Å². The normalized spacial score (nSPS) is 20.0. The van der Waals surface area contributed by atoms with E-state index in [-0.39, 0.29) is 0 Å². The minimum Gasteiger partial charge on any atom is -0.312 e. The van der Waals surface area contributed by atoms with Crippen molar-refractivity contribution in [1.29, 1.82) is 0 Å². The first-order chi connectivity index (χ1) is 9.50. The highest BCUT2D eigenvalue weighted by atomic mass is 32.2. The Balaban J connectivity index is 1.94. The smallest absolute Gasteiger partial charge is 0.0299 e. The lowest BCUT2D eigenvalue weighted by Crippen LogP contribution is -2.26. The largest absolute Gasteiger partial charge is 0.312 e. The fraction of sp³-hybridized carbons (Fsp3) is 0.750. The van der Waals surface area contributed by atoms with E-state index in [1.807, 2.05) is 11.3 Å². The summed E-state index contributed by atoms with van der Waals surface area (Å²) in [5.74, 6) is 1.26. The summed E-state index contributed by atoms with van der Waals surface area (Å²) >= 11 is 4.08. The van der Waals surface area contributed by atoms with Gasteiger partial charge in [0.2, 0.25) is 0 Å². The quantitative estimate of drug-likeness (QED) is 0.888. The Morgan fingerprint density at radius 3 is 2.90 bits per heavy atom. The second-order valence-electron chi connectivity index (χ2n) is 6.21. The van der Waals surface area contributed by atoms with Crippen LogP contribution in [0, 0.1) is 6.92 Å². The summed E-state index contributed by atoms with van der Waals surface area (Å²) in [6.45, 7) is 14.9. The minimum atomic E-state index is 0.453. The Morgan fingerprint density at radius 2 is 2.15 bits per heavy atom. The summed E-state index contributed by atoms with van der Waals surface area (Å²) in [6, 6.07) is 2.41. The van der Waals surface area contributed by atoms with Crippen molar-refractivity contribution in [3.63, 3.8) is 0 Å². The average molecular weight is 313 g/mol. The molecule has 0 radical (unpaired) electrons. The third-order valence-corrected chi connectivity index (χ3v) is 6.41. The zero-order valence-corrected chi connectivity index (χ0v) is 14.9. The van der Waals surface area contributed by atoms with Crippen LogP contribution < -0.4 is 5.32 Å². The summed E-state index contributed by atoms with van der Waals surface area (Å²) in [6.07, 6.45) is 1.30. The maximum absolute atomic E-state index is 3.42. The van der Waals surface area contributed by atoms with Crippen molar-refractivity contribution in [3.8, 4) is 0 Å². The van der Waals surface area contributed by atoms with E-state index in [4.69, 9.17) is 0 Å². The van der Waals surface area contributed by atoms with Crippen LogP contribution in [0.1, 0.15) is 42.5 Å². The molecule has 0 unspecified atom stereocenters. The third-order valence-electron chi connectivity index (χ3n) is 3.95. The topological polar surface area (TPSA) is 15.3 Å². The van der Waals surface area contributed by atoms with E-state index in [1.54, 1.807) is 0 Å². The van der Waals surface area contributed by atoms with Crippen LogP contribution in [0.2, 0.25) is 0 Å². The summed E-state index contributed by atoms with van der Waals surface area (Å²) < 4.78 is 0.453. The van der Waals surface area contributed by atoms with Gasteiger partial charge in [0, 0.05) is 39.9 Å². The minimum absolute atomic E-state index is 0.453. The summed E-state index contributed by atoms with van der Waals surface area (Å²) in [5.41, 5.74) is 1.53. The Bertz CT molecular complexity index is 426. The summed E-state index contributed by atoms with van der Waals surface area (Å²) in [7, 11) is 0. The van der Waals surface area contributed by atoms with Crippen LogP contribution in [0.5, 0.6) is 0 Å². The Morgan fingerprint density at radius 1 is 1.35 bits per heavy atom. The second kappa shape index (κ2) is 7.30. The van der Waals surface area contributed by atoms with Crippen LogP contribution in [0.15, 0.2) is 6.07 Å². The molecular formula is C16H28N2S2. The van der Waals surface area contributed by atoms with E-state index in [0.29, 0.717) is 4.75 Å². The van der Waals surface area contributed by atoms with Crippen LogP contribution in [0.3, 0.4) is 0 Å². The van der Waals surface area contributed by atoms with E-state index < -0.39 is 0 Å². The van der Waals surface area contributed by atoms with E-state index in [1.165, 1.54) is 40.6 Å². The Labute approximate surface area is 132 Å². The molecule has 20 heavy (non-hydrogen) atoms. The van der Waals surface area contributed by atoms with Gasteiger partial charge in [0.1, 0.15) is 0 Å². The SMILES string of the molecule is CCNCc1cc(CN2CCSC(C)(C)CC2)c(C)s1. The number of rotatable bonds is 5. The molecule has 114 valence electrons. The zero-order valence-electron chi connectivity index (χ0n) is 13.3. The lowest BCUT2D eigenvalue weighted by atomic mass is 10.1. The van der Waals surface area contributed by atoms with Crippen molar-refractivity contribution >= 4 is 23.1 Å². The van der Waals surface area contributed by atoms with Crippen LogP contribution in [-0.4, -0.2) is 35.0 Å². The molecule has 2 heterocycles. The van der Waals surface area contributed by atoms with Gasteiger partial charge < -0.3 is 5.32 Å². The number of hydrogen-bond donors (Lipinski definition) is 1. The van der Waals surface area contributed by atoms with Crippen molar-refractivity contribution in [2.45, 2.75) is 52.0 Å². The Kier molecular flexibility index (Phi) is 5.96. The number of nitrogens with one attached hydrogen (secondary N) is 1. The van der Waals surface area contributed by atoms with Gasteiger partial charge in [0.25, 0.3) is 0 Å². The highest BCUT2D eigenvalue weighted by Crippen LogP contribution is 2.31. The van der Waals surface area contributed by atoms with Crippen molar-refractivity contribution < 1.29 is 0 Å². The molecule has 0 atom stereocenters. The van der Waals surface area contributed by atoms with E-state index >= 15 is 0 Å². The number of thioether (sulfide) groups is 1. The molecule has 0 amide bonds.